The van der Waals surface area contributed by atoms with Gasteiger partial charge >= 0.3 is 5.69 Å². The Morgan fingerprint density at radius 3 is 2.38 bits per heavy atom. The lowest BCUT2D eigenvalue weighted by Gasteiger charge is -2.35. The van der Waals surface area contributed by atoms with Gasteiger partial charge in [0.05, 0.1) is 5.69 Å². The first-order chi connectivity index (χ1) is 10.1. The van der Waals surface area contributed by atoms with Gasteiger partial charge in [-0.25, -0.2) is 14.9 Å². The minimum absolute atomic E-state index is 0.225. The molecule has 4 N–H and O–H groups in total. The van der Waals surface area contributed by atoms with Gasteiger partial charge in [0, 0.05) is 32.4 Å². The number of hydrogen-bond donors (Lipinski definition) is 3. The van der Waals surface area contributed by atoms with Crippen molar-refractivity contribution in [2.24, 2.45) is 0 Å². The number of aromatic nitrogens is 4. The molecule has 21 heavy (non-hydrogen) atoms. The Kier molecular flexibility index (Phi) is 3.30. The summed E-state index contributed by atoms with van der Waals surface area (Å²) in [4.78, 5) is 33.0. The Balaban J connectivity index is 1.75. The molecule has 0 aliphatic carbocycles. The summed E-state index contributed by atoms with van der Waals surface area (Å²) in [6.45, 7) is 2.53. The second-order valence-corrected chi connectivity index (χ2v) is 4.72. The van der Waals surface area contributed by atoms with Gasteiger partial charge in [-0.1, -0.05) is 0 Å². The van der Waals surface area contributed by atoms with Crippen molar-refractivity contribution in [3.05, 3.63) is 39.2 Å². The van der Waals surface area contributed by atoms with Crippen LogP contribution in [-0.2, 0) is 0 Å². The van der Waals surface area contributed by atoms with E-state index in [1.807, 2.05) is 11.0 Å². The molecule has 1 aliphatic heterocycles. The minimum Gasteiger partial charge on any atom is -0.396 e. The molecule has 0 radical (unpaired) electrons. The lowest BCUT2D eigenvalue weighted by atomic mass is 10.3. The molecule has 0 atom stereocenters. The molecule has 110 valence electrons. The number of nitrogens with two attached hydrogens (primary N) is 1. The van der Waals surface area contributed by atoms with Gasteiger partial charge in [0.25, 0.3) is 5.56 Å². The van der Waals surface area contributed by atoms with E-state index in [4.69, 9.17) is 5.73 Å². The number of H-pyrrole nitrogens is 2. The number of nitrogens with zero attached hydrogens (tertiary/aromatic N) is 4. The molecule has 3 rings (SSSR count). The summed E-state index contributed by atoms with van der Waals surface area (Å²) in [5.41, 5.74) is 5.45. The van der Waals surface area contributed by atoms with E-state index in [9.17, 15) is 9.59 Å². The van der Waals surface area contributed by atoms with Crippen LogP contribution in [-0.4, -0.2) is 46.3 Å². The molecule has 9 nitrogen and oxygen atoms in total. The van der Waals surface area contributed by atoms with Crippen LogP contribution in [0.1, 0.15) is 0 Å². The number of nitrogen functional groups attached to an aromatic ring is 1. The molecule has 0 spiro atoms. The Hall–Kier alpha value is -2.84. The van der Waals surface area contributed by atoms with Crippen molar-refractivity contribution in [2.45, 2.75) is 0 Å². The fourth-order valence-corrected chi connectivity index (χ4v) is 2.36. The number of aromatic amines is 2. The van der Waals surface area contributed by atoms with Crippen molar-refractivity contribution in [1.82, 2.24) is 20.2 Å². The van der Waals surface area contributed by atoms with Gasteiger partial charge < -0.3 is 15.5 Å². The zero-order valence-electron chi connectivity index (χ0n) is 11.2. The Morgan fingerprint density at radius 1 is 1.10 bits per heavy atom. The summed E-state index contributed by atoms with van der Waals surface area (Å²) < 4.78 is 0. The molecule has 9 heteroatoms. The highest BCUT2D eigenvalue weighted by molar-refractivity contribution is 5.62. The molecule has 1 aliphatic rings. The first-order valence-corrected chi connectivity index (χ1v) is 6.54. The van der Waals surface area contributed by atoms with E-state index in [0.717, 1.165) is 5.82 Å². The quantitative estimate of drug-likeness (QED) is 0.631. The molecular weight excluding hydrogens is 274 g/mol. The van der Waals surface area contributed by atoms with E-state index in [1.165, 1.54) is 0 Å². The van der Waals surface area contributed by atoms with Gasteiger partial charge in [0.2, 0.25) is 5.82 Å². The third-order valence-corrected chi connectivity index (χ3v) is 3.39. The second-order valence-electron chi connectivity index (χ2n) is 4.72. The summed E-state index contributed by atoms with van der Waals surface area (Å²) in [5, 5.41) is 6.04. The van der Waals surface area contributed by atoms with Gasteiger partial charge in [-0.05, 0) is 12.1 Å². The maximum Gasteiger partial charge on any atom is 0.342 e. The van der Waals surface area contributed by atoms with Crippen molar-refractivity contribution < 1.29 is 0 Å². The van der Waals surface area contributed by atoms with E-state index in [-0.39, 0.29) is 5.82 Å². The Labute approximate surface area is 119 Å². The predicted molar refractivity (Wildman–Crippen MR) is 78.6 cm³/mol. The number of hydrogen-bond acceptors (Lipinski definition) is 7. The van der Waals surface area contributed by atoms with E-state index in [0.29, 0.717) is 31.9 Å². The van der Waals surface area contributed by atoms with E-state index in [1.54, 1.807) is 12.3 Å². The van der Waals surface area contributed by atoms with Crippen molar-refractivity contribution in [3.8, 4) is 0 Å². The maximum absolute atomic E-state index is 11.7. The highest BCUT2D eigenvalue weighted by Crippen LogP contribution is 2.21. The van der Waals surface area contributed by atoms with Crippen molar-refractivity contribution >= 4 is 17.3 Å². The number of pyridine rings is 1. The Morgan fingerprint density at radius 2 is 1.76 bits per heavy atom. The van der Waals surface area contributed by atoms with Crippen LogP contribution in [0.2, 0.25) is 0 Å². The van der Waals surface area contributed by atoms with Gasteiger partial charge in [-0.3, -0.25) is 9.78 Å². The van der Waals surface area contributed by atoms with Gasteiger partial charge in [-0.15, -0.1) is 5.10 Å². The van der Waals surface area contributed by atoms with Crippen LogP contribution in [0.25, 0.3) is 0 Å². The second kappa shape index (κ2) is 5.27. The average molecular weight is 289 g/mol. The SMILES string of the molecule is Nc1cccnc1N1CCN(c2n[nH]c(=O)[nH]c2=O)CC1. The van der Waals surface area contributed by atoms with Crippen LogP contribution in [0.15, 0.2) is 27.9 Å². The predicted octanol–water partition coefficient (Wildman–Crippen LogP) is -1.24. The fourth-order valence-electron chi connectivity index (χ4n) is 2.36. The highest BCUT2D eigenvalue weighted by atomic mass is 16.2. The molecule has 2 aromatic rings. The van der Waals surface area contributed by atoms with E-state index >= 15 is 0 Å². The monoisotopic (exact) mass is 289 g/mol. The van der Waals surface area contributed by atoms with Crippen LogP contribution in [0, 0.1) is 0 Å². The van der Waals surface area contributed by atoms with Gasteiger partial charge in [0.1, 0.15) is 0 Å². The standard InChI is InChI=1S/C12H15N7O2/c13-8-2-1-3-14-9(8)18-4-6-19(7-5-18)10-11(20)15-12(21)17-16-10/h1-3H,4-7,13H2,(H2,15,17,20,21). The lowest BCUT2D eigenvalue weighted by molar-refractivity contribution is 0.632. The average Bonchev–Trinajstić information content (AvgIpc) is 2.48. The smallest absolute Gasteiger partial charge is 0.342 e. The first-order valence-electron chi connectivity index (χ1n) is 6.54. The third kappa shape index (κ3) is 2.57. The minimum atomic E-state index is -0.608. The fraction of sp³-hybridized carbons (Fsp3) is 0.333. The summed E-state index contributed by atoms with van der Waals surface area (Å²) in [5.74, 6) is 0.976. The van der Waals surface area contributed by atoms with Crippen molar-refractivity contribution in [1.29, 1.82) is 0 Å². The zero-order valence-corrected chi connectivity index (χ0v) is 11.2. The van der Waals surface area contributed by atoms with E-state index < -0.39 is 11.2 Å². The molecule has 2 aromatic heterocycles. The van der Waals surface area contributed by atoms with Gasteiger partial charge in [-0.2, -0.15) is 0 Å². The van der Waals surface area contributed by atoms with Crippen molar-refractivity contribution in [2.75, 3.05) is 41.7 Å². The molecule has 0 amide bonds. The van der Waals surface area contributed by atoms with Crippen LogP contribution >= 0.6 is 0 Å². The number of nitrogens with one attached hydrogen (secondary N) is 2. The summed E-state index contributed by atoms with van der Waals surface area (Å²) in [6, 6.07) is 3.60. The summed E-state index contributed by atoms with van der Waals surface area (Å²) in [7, 11) is 0. The van der Waals surface area contributed by atoms with Crippen LogP contribution in [0.4, 0.5) is 17.3 Å². The molecule has 0 bridgehead atoms. The normalized spacial score (nSPS) is 15.2. The van der Waals surface area contributed by atoms with Crippen molar-refractivity contribution in [3.63, 3.8) is 0 Å². The number of rotatable bonds is 2. The number of piperazine rings is 1. The third-order valence-electron chi connectivity index (χ3n) is 3.39. The topological polar surface area (TPSA) is 124 Å². The maximum atomic E-state index is 11.7. The van der Waals surface area contributed by atoms with Crippen LogP contribution in [0.3, 0.4) is 0 Å². The first kappa shape index (κ1) is 13.2. The Bertz CT molecular complexity index is 746. The highest BCUT2D eigenvalue weighted by Gasteiger charge is 2.22. The molecule has 3 heterocycles. The van der Waals surface area contributed by atoms with Crippen LogP contribution in [0.5, 0.6) is 0 Å². The molecule has 0 saturated carbocycles. The van der Waals surface area contributed by atoms with Gasteiger partial charge in [0.15, 0.2) is 5.82 Å². The molecule has 1 saturated heterocycles. The zero-order chi connectivity index (χ0) is 14.8. The summed E-state index contributed by atoms with van der Waals surface area (Å²) >= 11 is 0. The molecule has 0 unspecified atom stereocenters. The lowest BCUT2D eigenvalue weighted by Crippen LogP contribution is -2.49. The van der Waals surface area contributed by atoms with Crippen LogP contribution < -0.4 is 26.8 Å². The summed E-state index contributed by atoms with van der Waals surface area (Å²) in [6.07, 6.45) is 1.70. The molecular formula is C12H15N7O2. The number of anilines is 3. The van der Waals surface area contributed by atoms with E-state index in [2.05, 4.69) is 25.1 Å². The molecule has 0 aromatic carbocycles. The molecule has 1 fully saturated rings. The largest absolute Gasteiger partial charge is 0.396 e.